The summed E-state index contributed by atoms with van der Waals surface area (Å²) >= 11 is 0. The van der Waals surface area contributed by atoms with E-state index in [1.54, 1.807) is 0 Å². The minimum atomic E-state index is -4.77. The second-order valence-corrected chi connectivity index (χ2v) is 20.1. The Kier molecular flexibility index (Phi) is 48.0. The van der Waals surface area contributed by atoms with Crippen LogP contribution in [0.1, 0.15) is 278 Å². The van der Waals surface area contributed by atoms with Crippen molar-refractivity contribution in [2.75, 3.05) is 26.4 Å². The van der Waals surface area contributed by atoms with E-state index >= 15 is 0 Å². The van der Waals surface area contributed by atoms with E-state index in [0.29, 0.717) is 6.42 Å². The van der Waals surface area contributed by atoms with Crippen LogP contribution in [0, 0.1) is 0 Å². The van der Waals surface area contributed by atoms with Gasteiger partial charge < -0.3 is 32.9 Å². The predicted octanol–water partition coefficient (Wildman–Crippen LogP) is 12.4. The second kappa shape index (κ2) is 48.0. The Balaban J connectivity index is 0.0000397. The molecule has 64 heavy (non-hydrogen) atoms. The van der Waals surface area contributed by atoms with Crippen molar-refractivity contribution >= 4 is 19.8 Å². The Hall–Kier alpha value is -0.0300. The van der Waals surface area contributed by atoms with E-state index in [0.717, 1.165) is 57.8 Å². The summed E-state index contributed by atoms with van der Waals surface area (Å²) < 4.78 is 45.8. The number of esters is 2. The third-order valence-electron chi connectivity index (χ3n) is 12.4. The fraction of sp³-hybridized carbons (Fsp3) is 0.962. The fourth-order valence-electron chi connectivity index (χ4n) is 8.30. The first-order chi connectivity index (χ1) is 30.8. The Morgan fingerprint density at radius 3 is 1.28 bits per heavy atom. The van der Waals surface area contributed by atoms with Crippen molar-refractivity contribution in [3.05, 3.63) is 0 Å². The summed E-state index contributed by atoms with van der Waals surface area (Å²) in [5.74, 6) is -0.851. The van der Waals surface area contributed by atoms with E-state index in [1.807, 2.05) is 0 Å². The second-order valence-electron chi connectivity index (χ2n) is 18.7. The first-order valence-corrected chi connectivity index (χ1v) is 28.5. The molecule has 374 valence electrons. The Labute approximate surface area is 416 Å². The molecule has 10 nitrogen and oxygen atoms in total. The SMILES string of the molecule is CCCCCCCCCCCCCCCCCC1OCC(COP(=O)([O-])OC[C@@H](COC(=O)CCCCCCCCCCCCC)OC(=O)CCCCCCCCCCCCC)O1.[Na+]. The first kappa shape index (κ1) is 64.0. The molecule has 0 aliphatic carbocycles. The van der Waals surface area contributed by atoms with Crippen LogP contribution in [0.25, 0.3) is 0 Å². The van der Waals surface area contributed by atoms with E-state index in [2.05, 4.69) is 20.8 Å². The normalized spacial score (nSPS) is 16.4. The van der Waals surface area contributed by atoms with Gasteiger partial charge in [0.15, 0.2) is 12.4 Å². The van der Waals surface area contributed by atoms with Crippen molar-refractivity contribution in [2.24, 2.45) is 0 Å². The number of unbranched alkanes of at least 4 members (excludes halogenated alkanes) is 34. The maximum atomic E-state index is 12.8. The molecule has 0 spiro atoms. The topological polar surface area (TPSA) is 130 Å². The number of carbonyl (C=O) groups is 2. The number of carbonyl (C=O) groups excluding carboxylic acids is 2. The van der Waals surface area contributed by atoms with Crippen LogP contribution in [-0.4, -0.2) is 56.9 Å². The summed E-state index contributed by atoms with van der Waals surface area (Å²) in [4.78, 5) is 38.2. The van der Waals surface area contributed by atoms with Gasteiger partial charge in [0, 0.05) is 12.8 Å². The molecule has 0 saturated carbocycles. The number of hydrogen-bond acceptors (Lipinski definition) is 10. The van der Waals surface area contributed by atoms with Gasteiger partial charge in [0.05, 0.1) is 19.8 Å². The zero-order chi connectivity index (χ0) is 45.7. The number of rotatable bonds is 49. The average Bonchev–Trinajstić information content (AvgIpc) is 3.74. The van der Waals surface area contributed by atoms with Crippen LogP contribution in [0.4, 0.5) is 0 Å². The van der Waals surface area contributed by atoms with Gasteiger partial charge in [-0.3, -0.25) is 14.2 Å². The van der Waals surface area contributed by atoms with Crippen LogP contribution in [-0.2, 0) is 42.1 Å². The molecule has 1 saturated heterocycles. The monoisotopic (exact) mass is 939 g/mol. The fourth-order valence-corrected chi connectivity index (χ4v) is 9.07. The maximum absolute atomic E-state index is 12.8. The zero-order valence-corrected chi connectivity index (χ0v) is 45.3. The van der Waals surface area contributed by atoms with Crippen molar-refractivity contribution in [2.45, 2.75) is 296 Å². The molecular formula is C52H100NaO10P. The Morgan fingerprint density at radius 1 is 0.516 bits per heavy atom. The first-order valence-electron chi connectivity index (χ1n) is 27.0. The summed E-state index contributed by atoms with van der Waals surface area (Å²) in [5, 5.41) is 0. The number of phosphoric ester groups is 1. The van der Waals surface area contributed by atoms with Gasteiger partial charge in [-0.05, 0) is 25.7 Å². The number of hydrogen-bond donors (Lipinski definition) is 0. The van der Waals surface area contributed by atoms with E-state index in [4.69, 9.17) is 28.0 Å². The third-order valence-corrected chi connectivity index (χ3v) is 13.3. The zero-order valence-electron chi connectivity index (χ0n) is 42.4. The molecule has 1 fully saturated rings. The largest absolute Gasteiger partial charge is 1.00 e. The molecule has 12 heteroatoms. The molecule has 0 aromatic heterocycles. The molecule has 0 radical (unpaired) electrons. The molecule has 0 amide bonds. The van der Waals surface area contributed by atoms with Gasteiger partial charge in [0.2, 0.25) is 0 Å². The van der Waals surface area contributed by atoms with Crippen LogP contribution in [0.2, 0.25) is 0 Å². The van der Waals surface area contributed by atoms with E-state index in [-0.39, 0.29) is 68.5 Å². The molecule has 0 N–H and O–H groups in total. The minimum Gasteiger partial charge on any atom is -0.756 e. The van der Waals surface area contributed by atoms with E-state index in [9.17, 15) is 19.0 Å². The summed E-state index contributed by atoms with van der Waals surface area (Å²) in [6.45, 7) is 5.98. The summed E-state index contributed by atoms with van der Waals surface area (Å²) in [7, 11) is -4.77. The van der Waals surface area contributed by atoms with Gasteiger partial charge in [-0.1, -0.05) is 239 Å². The third kappa shape index (κ3) is 43.3. The van der Waals surface area contributed by atoms with E-state index < -0.39 is 38.6 Å². The smallest absolute Gasteiger partial charge is 0.756 e. The predicted molar refractivity (Wildman–Crippen MR) is 257 cm³/mol. The molecular weight excluding hydrogens is 839 g/mol. The molecule has 1 heterocycles. The van der Waals surface area contributed by atoms with Crippen LogP contribution >= 0.6 is 7.82 Å². The summed E-state index contributed by atoms with van der Waals surface area (Å²) in [6.07, 6.45) is 44.8. The van der Waals surface area contributed by atoms with Crippen molar-refractivity contribution in [3.8, 4) is 0 Å². The van der Waals surface area contributed by atoms with Gasteiger partial charge in [-0.2, -0.15) is 0 Å². The molecule has 4 atom stereocenters. The van der Waals surface area contributed by atoms with Gasteiger partial charge in [-0.15, -0.1) is 0 Å². The number of ether oxygens (including phenoxy) is 4. The number of phosphoric acid groups is 1. The van der Waals surface area contributed by atoms with Crippen molar-refractivity contribution in [1.29, 1.82) is 0 Å². The van der Waals surface area contributed by atoms with Gasteiger partial charge in [0.1, 0.15) is 12.7 Å². The quantitative estimate of drug-likeness (QED) is 0.0251. The van der Waals surface area contributed by atoms with Crippen LogP contribution in [0.3, 0.4) is 0 Å². The standard InChI is InChI=1S/C52H101O10P.Na/c1-4-7-10-13-16-19-22-23-24-25-28-31-34-37-40-43-52-58-45-49(62-52)47-60-63(55,56)59-46-48(61-51(54)42-39-36-33-30-27-21-18-15-12-9-6-3)44-57-50(53)41-38-35-32-29-26-20-17-14-11-8-5-2;/h48-49,52H,4-47H2,1-3H3,(H,55,56);/q;+1/p-1/t48-,49?,52?;/m1./s1. The van der Waals surface area contributed by atoms with Gasteiger partial charge in [-0.25, -0.2) is 0 Å². The Morgan fingerprint density at radius 2 is 0.875 bits per heavy atom. The summed E-state index contributed by atoms with van der Waals surface area (Å²) in [5.41, 5.74) is 0. The van der Waals surface area contributed by atoms with Gasteiger partial charge in [0.25, 0.3) is 7.82 Å². The van der Waals surface area contributed by atoms with Crippen LogP contribution < -0.4 is 34.5 Å². The van der Waals surface area contributed by atoms with Crippen LogP contribution in [0.5, 0.6) is 0 Å². The van der Waals surface area contributed by atoms with Crippen molar-refractivity contribution < 1.29 is 76.6 Å². The van der Waals surface area contributed by atoms with Crippen molar-refractivity contribution in [3.63, 3.8) is 0 Å². The van der Waals surface area contributed by atoms with Gasteiger partial charge >= 0.3 is 41.5 Å². The molecule has 1 aliphatic heterocycles. The molecule has 0 aromatic carbocycles. The average molecular weight is 939 g/mol. The minimum absolute atomic E-state index is 0. The Bertz CT molecular complexity index is 1070. The molecule has 0 bridgehead atoms. The molecule has 3 unspecified atom stereocenters. The van der Waals surface area contributed by atoms with Crippen LogP contribution in [0.15, 0.2) is 0 Å². The van der Waals surface area contributed by atoms with Crippen molar-refractivity contribution in [1.82, 2.24) is 0 Å². The maximum Gasteiger partial charge on any atom is 1.00 e. The van der Waals surface area contributed by atoms with E-state index in [1.165, 1.54) is 180 Å². The molecule has 1 rings (SSSR count). The molecule has 0 aromatic rings. The molecule has 1 aliphatic rings. The summed E-state index contributed by atoms with van der Waals surface area (Å²) in [6, 6.07) is 0.